The van der Waals surface area contributed by atoms with E-state index in [0.29, 0.717) is 23.0 Å². The standard InChI is InChI=1S/C73H100O4/c1-45(49-37-53(65(5,6)7)61(74)54(38-49)66(8,9)10)29-33-73(34-30-46(2)50-39-55(67(11,12)13)62(75)56(40-50)68(14,15)16,35-31-47(3)51-41-57(69(17,18)19)63(76)58(42-51)70(20,21)22)36-32-48(4)52-43-59(71(23,24)25)64(77)60(44-52)72(26,27)28/h29-44,74-77H,1-4H2,5-28H3. The van der Waals surface area contributed by atoms with Crippen LogP contribution in [-0.4, -0.2) is 20.4 Å². The first-order chi connectivity index (χ1) is 34.5. The van der Waals surface area contributed by atoms with E-state index < -0.39 is 5.41 Å². The number of benzene rings is 4. The highest BCUT2D eigenvalue weighted by Crippen LogP contribution is 2.46. The molecule has 0 atom stereocenters. The third-order valence-corrected chi connectivity index (χ3v) is 14.7. The number of hydrogen-bond donors (Lipinski definition) is 4. The molecular formula is C73H100O4. The van der Waals surface area contributed by atoms with Crippen LogP contribution >= 0.6 is 0 Å². The molecule has 4 rings (SSSR count). The minimum atomic E-state index is -1.00. The molecule has 0 radical (unpaired) electrons. The van der Waals surface area contributed by atoms with Crippen LogP contribution in [0.2, 0.25) is 0 Å². The van der Waals surface area contributed by atoms with Gasteiger partial charge in [-0.3, -0.25) is 0 Å². The molecule has 0 spiro atoms. The molecule has 0 saturated heterocycles. The molecule has 4 nitrogen and oxygen atoms in total. The van der Waals surface area contributed by atoms with Crippen LogP contribution in [0.25, 0.3) is 22.3 Å². The summed E-state index contributed by atoms with van der Waals surface area (Å²) < 4.78 is 0. The van der Waals surface area contributed by atoms with Gasteiger partial charge in [0.2, 0.25) is 0 Å². The SMILES string of the molecule is C=C(C=CC(C=CC(=C)c1cc(C(C)(C)C)c(O)c(C(C)(C)C)c1)(C=CC(=C)c1cc(C(C)(C)C)c(O)c(C(C)(C)C)c1)C=CC(=C)c1cc(C(C)(C)C)c(O)c(C(C)(C)C)c1)c1cc(C(C)(C)C)c(O)c(C(C)(C)C)c1. The maximum absolute atomic E-state index is 11.7. The van der Waals surface area contributed by atoms with Gasteiger partial charge in [0.1, 0.15) is 23.0 Å². The zero-order chi connectivity index (χ0) is 59.4. The molecule has 0 aliphatic rings. The number of hydrogen-bond acceptors (Lipinski definition) is 4. The Morgan fingerprint density at radius 3 is 0.481 bits per heavy atom. The van der Waals surface area contributed by atoms with Gasteiger partial charge < -0.3 is 20.4 Å². The lowest BCUT2D eigenvalue weighted by molar-refractivity contribution is 0.422. The Bertz CT molecular complexity index is 2500. The molecule has 77 heavy (non-hydrogen) atoms. The summed E-state index contributed by atoms with van der Waals surface area (Å²) in [7, 11) is 0. The minimum absolute atomic E-state index is 0.305. The van der Waals surface area contributed by atoms with E-state index in [1.54, 1.807) is 0 Å². The summed E-state index contributed by atoms with van der Waals surface area (Å²) in [4.78, 5) is 0. The molecule has 4 heteroatoms. The summed E-state index contributed by atoms with van der Waals surface area (Å²) in [6.45, 7) is 69.5. The second kappa shape index (κ2) is 21.7. The Balaban J connectivity index is 2.21. The van der Waals surface area contributed by atoms with E-state index in [2.05, 4.69) is 290 Å². The molecule has 0 heterocycles. The van der Waals surface area contributed by atoms with Gasteiger partial charge in [0.05, 0.1) is 0 Å². The first-order valence-electron chi connectivity index (χ1n) is 27.6. The van der Waals surface area contributed by atoms with Gasteiger partial charge in [-0.1, -0.05) is 241 Å². The monoisotopic (exact) mass is 1040 g/mol. The van der Waals surface area contributed by atoms with Crippen molar-refractivity contribution in [2.45, 2.75) is 209 Å². The lowest BCUT2D eigenvalue weighted by Crippen LogP contribution is -2.18. The molecule has 0 amide bonds. The van der Waals surface area contributed by atoms with Crippen LogP contribution in [-0.2, 0) is 43.3 Å². The second-order valence-electron chi connectivity index (χ2n) is 30.1. The van der Waals surface area contributed by atoms with E-state index in [0.717, 1.165) is 89.1 Å². The molecule has 0 saturated carbocycles. The molecule has 4 N–H and O–H groups in total. The van der Waals surface area contributed by atoms with Gasteiger partial charge in [0.15, 0.2) is 0 Å². The highest BCUT2D eigenvalue weighted by molar-refractivity contribution is 5.80. The van der Waals surface area contributed by atoms with Gasteiger partial charge in [0.25, 0.3) is 0 Å². The van der Waals surface area contributed by atoms with Crippen molar-refractivity contribution < 1.29 is 20.4 Å². The zero-order valence-electron chi connectivity index (χ0n) is 52.4. The van der Waals surface area contributed by atoms with Crippen LogP contribution in [0.3, 0.4) is 0 Å². The zero-order valence-corrected chi connectivity index (χ0v) is 52.4. The van der Waals surface area contributed by atoms with Crippen molar-refractivity contribution in [2.24, 2.45) is 5.41 Å². The van der Waals surface area contributed by atoms with E-state index in [4.69, 9.17) is 0 Å². The van der Waals surface area contributed by atoms with E-state index in [1.165, 1.54) is 0 Å². The Hall–Kier alpha value is -6.00. The average molecular weight is 1040 g/mol. The maximum atomic E-state index is 11.7. The number of aromatic hydroxyl groups is 4. The normalized spacial score (nSPS) is 14.5. The van der Waals surface area contributed by atoms with Gasteiger partial charge in [0, 0.05) is 49.9 Å². The van der Waals surface area contributed by atoms with E-state index in [9.17, 15) is 20.4 Å². The van der Waals surface area contributed by atoms with Crippen molar-refractivity contribution in [3.8, 4) is 23.0 Å². The summed E-state index contributed by atoms with van der Waals surface area (Å²) >= 11 is 0. The largest absolute Gasteiger partial charge is 0.507 e. The van der Waals surface area contributed by atoms with Crippen molar-refractivity contribution in [2.75, 3.05) is 0 Å². The Morgan fingerprint density at radius 1 is 0.260 bits per heavy atom. The van der Waals surface area contributed by atoms with Crippen molar-refractivity contribution in [1.82, 2.24) is 0 Å². The predicted molar refractivity (Wildman–Crippen MR) is 337 cm³/mol. The number of phenolic OH excluding ortho intramolecular Hbond substituents is 4. The molecule has 0 aliphatic heterocycles. The van der Waals surface area contributed by atoms with E-state index in [1.807, 2.05) is 0 Å². The van der Waals surface area contributed by atoms with Crippen LogP contribution in [0.5, 0.6) is 23.0 Å². The Kier molecular flexibility index (Phi) is 17.9. The first kappa shape index (κ1) is 63.5. The summed E-state index contributed by atoms with van der Waals surface area (Å²) in [5.74, 6) is 1.22. The van der Waals surface area contributed by atoms with Crippen molar-refractivity contribution in [3.63, 3.8) is 0 Å². The smallest absolute Gasteiger partial charge is 0.123 e. The van der Waals surface area contributed by atoms with Crippen LogP contribution in [0.4, 0.5) is 0 Å². The topological polar surface area (TPSA) is 80.9 Å². The summed E-state index contributed by atoms with van der Waals surface area (Å²) in [6.07, 6.45) is 16.8. The third kappa shape index (κ3) is 15.2. The minimum Gasteiger partial charge on any atom is -0.507 e. The highest BCUT2D eigenvalue weighted by Gasteiger charge is 2.32. The molecule has 0 unspecified atom stereocenters. The highest BCUT2D eigenvalue weighted by atomic mass is 16.3. The van der Waals surface area contributed by atoms with E-state index >= 15 is 0 Å². The van der Waals surface area contributed by atoms with Gasteiger partial charge >= 0.3 is 0 Å². The van der Waals surface area contributed by atoms with Crippen molar-refractivity contribution >= 4 is 22.3 Å². The Labute approximate surface area is 468 Å². The molecule has 0 fully saturated rings. The van der Waals surface area contributed by atoms with Gasteiger partial charge in [-0.05, 0) is 136 Å². The fraction of sp³-hybridized carbons (Fsp3) is 0.452. The van der Waals surface area contributed by atoms with Gasteiger partial charge in [-0.15, -0.1) is 0 Å². The number of allylic oxidation sites excluding steroid dienone is 12. The van der Waals surface area contributed by atoms with Crippen LogP contribution in [0, 0.1) is 5.41 Å². The molecule has 4 aromatic rings. The second-order valence-corrected chi connectivity index (χ2v) is 30.1. The quantitative estimate of drug-likeness (QED) is 0.107. The first-order valence-corrected chi connectivity index (χ1v) is 27.6. The fourth-order valence-electron chi connectivity index (χ4n) is 9.55. The molecule has 0 aliphatic carbocycles. The van der Waals surface area contributed by atoms with Crippen molar-refractivity contribution in [1.29, 1.82) is 0 Å². The molecular weight excluding hydrogens is 941 g/mol. The number of phenols is 4. The summed E-state index contributed by atoms with van der Waals surface area (Å²) in [6, 6.07) is 16.5. The maximum Gasteiger partial charge on any atom is 0.123 e. The van der Waals surface area contributed by atoms with Gasteiger partial charge in [-0.25, -0.2) is 0 Å². The molecule has 0 bridgehead atoms. The summed E-state index contributed by atoms with van der Waals surface area (Å²) in [5, 5.41) is 47.0. The van der Waals surface area contributed by atoms with Gasteiger partial charge in [-0.2, -0.15) is 0 Å². The van der Waals surface area contributed by atoms with E-state index in [-0.39, 0.29) is 43.3 Å². The predicted octanol–water partition coefficient (Wildman–Crippen LogP) is 20.3. The number of rotatable bonds is 12. The fourth-order valence-corrected chi connectivity index (χ4v) is 9.55. The average Bonchev–Trinajstić information content (AvgIpc) is 3.25. The Morgan fingerprint density at radius 2 is 0.377 bits per heavy atom. The molecule has 0 aromatic heterocycles. The lowest BCUT2D eigenvalue weighted by atomic mass is 9.77. The van der Waals surface area contributed by atoms with Crippen LogP contribution in [0.1, 0.15) is 233 Å². The lowest BCUT2D eigenvalue weighted by Gasteiger charge is -2.29. The summed E-state index contributed by atoms with van der Waals surface area (Å²) in [5.41, 5.74) is 9.59. The third-order valence-electron chi connectivity index (χ3n) is 14.7. The molecule has 4 aromatic carbocycles. The van der Waals surface area contributed by atoms with Crippen LogP contribution in [0.15, 0.2) is 123 Å². The van der Waals surface area contributed by atoms with Crippen molar-refractivity contribution in [3.05, 3.63) is 190 Å². The molecule has 416 valence electrons. The van der Waals surface area contributed by atoms with Crippen LogP contribution < -0.4 is 0 Å².